The normalized spacial score (nSPS) is 11.7. The Labute approximate surface area is 154 Å². The molecule has 0 unspecified atom stereocenters. The molecule has 2 heterocycles. The average Bonchev–Trinajstić information content (AvgIpc) is 3.35. The van der Waals surface area contributed by atoms with Gasteiger partial charge in [0.25, 0.3) is 5.91 Å². The maximum Gasteiger partial charge on any atom is 0.355 e. The fraction of sp³-hybridized carbons (Fsp3) is 0.211. The first kappa shape index (κ1) is 18.2. The average molecular weight is 369 g/mol. The van der Waals surface area contributed by atoms with Crippen molar-refractivity contribution >= 4 is 28.7 Å². The molecule has 27 heavy (non-hydrogen) atoms. The van der Waals surface area contributed by atoms with Crippen LogP contribution < -0.4 is 5.32 Å². The molecule has 0 spiro atoms. The molecule has 0 radical (unpaired) electrons. The standard InChI is InChI=1S/C19H19N3O5/c1-26-18(24)16(9-12-10-21-14-6-3-2-5-13(12)14)22-17(23)11-27-19(25)15-7-4-8-20-15/h2-8,10,16,20-21H,9,11H2,1H3,(H,22,23)/t16-/m1/s1. The van der Waals surface area contributed by atoms with Crippen molar-refractivity contribution < 1.29 is 23.9 Å². The number of ether oxygens (including phenoxy) is 2. The number of hydrogen-bond donors (Lipinski definition) is 3. The van der Waals surface area contributed by atoms with Crippen LogP contribution in [-0.4, -0.2) is 47.6 Å². The van der Waals surface area contributed by atoms with E-state index in [9.17, 15) is 14.4 Å². The lowest BCUT2D eigenvalue weighted by Gasteiger charge is -2.16. The fourth-order valence-electron chi connectivity index (χ4n) is 2.76. The van der Waals surface area contributed by atoms with Gasteiger partial charge < -0.3 is 24.8 Å². The number of carbonyl (C=O) groups is 3. The van der Waals surface area contributed by atoms with Gasteiger partial charge in [-0.15, -0.1) is 0 Å². The van der Waals surface area contributed by atoms with E-state index in [4.69, 9.17) is 9.47 Å². The van der Waals surface area contributed by atoms with E-state index < -0.39 is 30.5 Å². The Balaban J connectivity index is 1.63. The van der Waals surface area contributed by atoms with Crippen molar-refractivity contribution in [1.82, 2.24) is 15.3 Å². The summed E-state index contributed by atoms with van der Waals surface area (Å²) in [7, 11) is 1.25. The van der Waals surface area contributed by atoms with Crippen molar-refractivity contribution in [3.05, 3.63) is 60.0 Å². The second kappa shape index (κ2) is 8.22. The Hall–Kier alpha value is -3.55. The predicted octanol–water partition coefficient (Wildman–Crippen LogP) is 1.55. The number of carbonyl (C=O) groups excluding carboxylic acids is 3. The van der Waals surface area contributed by atoms with E-state index in [0.29, 0.717) is 0 Å². The minimum absolute atomic E-state index is 0.242. The number of amides is 1. The van der Waals surface area contributed by atoms with Gasteiger partial charge in [-0.3, -0.25) is 4.79 Å². The summed E-state index contributed by atoms with van der Waals surface area (Å²) in [4.78, 5) is 41.8. The molecule has 1 atom stereocenters. The molecule has 0 fully saturated rings. The molecule has 0 saturated heterocycles. The van der Waals surface area contributed by atoms with E-state index in [0.717, 1.165) is 16.5 Å². The summed E-state index contributed by atoms with van der Waals surface area (Å²) in [6.45, 7) is -0.501. The molecule has 2 aromatic heterocycles. The van der Waals surface area contributed by atoms with Gasteiger partial charge in [0.2, 0.25) is 0 Å². The second-order valence-corrected chi connectivity index (χ2v) is 5.87. The zero-order valence-corrected chi connectivity index (χ0v) is 14.7. The first-order valence-corrected chi connectivity index (χ1v) is 8.31. The minimum Gasteiger partial charge on any atom is -0.467 e. The number of benzene rings is 1. The number of rotatable bonds is 7. The molecule has 3 rings (SSSR count). The van der Waals surface area contributed by atoms with Gasteiger partial charge in [0, 0.05) is 29.7 Å². The Kier molecular flexibility index (Phi) is 5.55. The first-order chi connectivity index (χ1) is 13.1. The van der Waals surface area contributed by atoms with Crippen molar-refractivity contribution in [2.45, 2.75) is 12.5 Å². The SMILES string of the molecule is COC(=O)[C@@H](Cc1c[nH]c2ccccc12)NC(=O)COC(=O)c1ccc[nH]1. The van der Waals surface area contributed by atoms with Crippen LogP contribution in [0.4, 0.5) is 0 Å². The largest absolute Gasteiger partial charge is 0.467 e. The highest BCUT2D eigenvalue weighted by Crippen LogP contribution is 2.19. The third-order valence-corrected chi connectivity index (χ3v) is 4.07. The molecule has 140 valence electrons. The number of aromatic amines is 2. The summed E-state index contributed by atoms with van der Waals surface area (Å²) in [6, 6.07) is 9.93. The van der Waals surface area contributed by atoms with Crippen LogP contribution in [0.5, 0.6) is 0 Å². The van der Waals surface area contributed by atoms with Crippen molar-refractivity contribution in [3.63, 3.8) is 0 Å². The molecule has 8 nitrogen and oxygen atoms in total. The van der Waals surface area contributed by atoms with Crippen molar-refractivity contribution in [2.75, 3.05) is 13.7 Å². The molecule has 0 bridgehead atoms. The summed E-state index contributed by atoms with van der Waals surface area (Å²) >= 11 is 0. The van der Waals surface area contributed by atoms with Crippen molar-refractivity contribution in [2.24, 2.45) is 0 Å². The van der Waals surface area contributed by atoms with Gasteiger partial charge in [-0.2, -0.15) is 0 Å². The predicted molar refractivity (Wildman–Crippen MR) is 97.0 cm³/mol. The Morgan fingerprint density at radius 2 is 1.93 bits per heavy atom. The highest BCUT2D eigenvalue weighted by molar-refractivity contribution is 5.91. The van der Waals surface area contributed by atoms with Gasteiger partial charge >= 0.3 is 11.9 Å². The van der Waals surface area contributed by atoms with E-state index in [1.807, 2.05) is 24.3 Å². The van der Waals surface area contributed by atoms with Gasteiger partial charge in [-0.05, 0) is 23.8 Å². The number of fused-ring (bicyclic) bond motifs is 1. The summed E-state index contributed by atoms with van der Waals surface area (Å²) in [5, 5.41) is 3.51. The Bertz CT molecular complexity index is 945. The summed E-state index contributed by atoms with van der Waals surface area (Å²) in [6.07, 6.45) is 3.61. The molecule has 8 heteroatoms. The number of aromatic nitrogens is 2. The highest BCUT2D eigenvalue weighted by atomic mass is 16.5. The number of para-hydroxylation sites is 1. The monoisotopic (exact) mass is 369 g/mol. The molecular weight excluding hydrogens is 350 g/mol. The summed E-state index contributed by atoms with van der Waals surface area (Å²) in [5.74, 6) is -1.82. The topological polar surface area (TPSA) is 113 Å². The second-order valence-electron chi connectivity index (χ2n) is 5.87. The number of nitrogens with one attached hydrogen (secondary N) is 3. The van der Waals surface area contributed by atoms with Crippen LogP contribution in [0.25, 0.3) is 10.9 Å². The quantitative estimate of drug-likeness (QED) is 0.547. The zero-order valence-electron chi connectivity index (χ0n) is 14.7. The Morgan fingerprint density at radius 1 is 1.11 bits per heavy atom. The molecule has 0 aliphatic rings. The van der Waals surface area contributed by atoms with Gasteiger partial charge in [-0.1, -0.05) is 18.2 Å². The Morgan fingerprint density at radius 3 is 2.67 bits per heavy atom. The molecule has 3 aromatic rings. The fourth-order valence-corrected chi connectivity index (χ4v) is 2.76. The number of esters is 2. The summed E-state index contributed by atoms with van der Waals surface area (Å²) < 4.78 is 9.71. The van der Waals surface area contributed by atoms with Crippen LogP contribution in [0.3, 0.4) is 0 Å². The zero-order chi connectivity index (χ0) is 19.2. The third kappa shape index (κ3) is 4.35. The van der Waals surface area contributed by atoms with Crippen molar-refractivity contribution in [3.8, 4) is 0 Å². The molecule has 3 N–H and O–H groups in total. The summed E-state index contributed by atoms with van der Waals surface area (Å²) in [5.41, 5.74) is 2.04. The van der Waals surface area contributed by atoms with Gasteiger partial charge in [-0.25, -0.2) is 9.59 Å². The van der Waals surface area contributed by atoms with Crippen LogP contribution in [0.2, 0.25) is 0 Å². The van der Waals surface area contributed by atoms with Crippen molar-refractivity contribution in [1.29, 1.82) is 0 Å². The maximum atomic E-state index is 12.1. The first-order valence-electron chi connectivity index (χ1n) is 8.31. The van der Waals surface area contributed by atoms with E-state index in [1.165, 1.54) is 13.2 Å². The molecule has 1 amide bonds. The van der Waals surface area contributed by atoms with Crippen LogP contribution in [-0.2, 0) is 25.5 Å². The van der Waals surface area contributed by atoms with E-state index in [-0.39, 0.29) is 12.1 Å². The van der Waals surface area contributed by atoms with Gasteiger partial charge in [0.15, 0.2) is 6.61 Å². The van der Waals surface area contributed by atoms with E-state index in [2.05, 4.69) is 15.3 Å². The van der Waals surface area contributed by atoms with Gasteiger partial charge in [0.05, 0.1) is 7.11 Å². The number of methoxy groups -OCH3 is 1. The highest BCUT2D eigenvalue weighted by Gasteiger charge is 2.24. The molecule has 0 saturated carbocycles. The smallest absolute Gasteiger partial charge is 0.355 e. The van der Waals surface area contributed by atoms with Gasteiger partial charge in [0.1, 0.15) is 11.7 Å². The molecule has 0 aliphatic heterocycles. The van der Waals surface area contributed by atoms with Crippen LogP contribution in [0.1, 0.15) is 16.1 Å². The number of hydrogen-bond acceptors (Lipinski definition) is 5. The van der Waals surface area contributed by atoms with E-state index >= 15 is 0 Å². The number of H-pyrrole nitrogens is 2. The molecule has 0 aliphatic carbocycles. The van der Waals surface area contributed by atoms with E-state index in [1.54, 1.807) is 18.5 Å². The maximum absolute atomic E-state index is 12.1. The van der Waals surface area contributed by atoms with Crippen LogP contribution in [0, 0.1) is 0 Å². The van der Waals surface area contributed by atoms with Crippen LogP contribution >= 0.6 is 0 Å². The molecular formula is C19H19N3O5. The lowest BCUT2D eigenvalue weighted by atomic mass is 10.0. The lowest BCUT2D eigenvalue weighted by molar-refractivity contribution is -0.145. The lowest BCUT2D eigenvalue weighted by Crippen LogP contribution is -2.44. The minimum atomic E-state index is -0.897. The van der Waals surface area contributed by atoms with Crippen LogP contribution in [0.15, 0.2) is 48.8 Å². The molecule has 1 aromatic carbocycles. The third-order valence-electron chi connectivity index (χ3n) is 4.07.